The van der Waals surface area contributed by atoms with Crippen molar-refractivity contribution in [1.82, 2.24) is 4.90 Å². The first-order valence-corrected chi connectivity index (χ1v) is 15.2. The number of hydrogen-bond acceptors (Lipinski definition) is 3. The minimum atomic E-state index is 0.00793. The van der Waals surface area contributed by atoms with Crippen LogP contribution in [-0.2, 0) is 9.53 Å². The third kappa shape index (κ3) is 5.86. The molecule has 3 saturated carbocycles. The van der Waals surface area contributed by atoms with Gasteiger partial charge in [-0.3, -0.25) is 4.79 Å². The molecule has 0 amide bonds. The quantitative estimate of drug-likeness (QED) is 0.178. The Labute approximate surface area is 216 Å². The van der Waals surface area contributed by atoms with Gasteiger partial charge >= 0.3 is 5.97 Å². The lowest BCUT2D eigenvalue weighted by molar-refractivity contribution is -0.151. The molecule has 0 heterocycles. The molecule has 3 fully saturated rings. The molecule has 3 heteroatoms. The number of ether oxygens (including phenoxy) is 1. The van der Waals surface area contributed by atoms with Crippen molar-refractivity contribution >= 4 is 5.97 Å². The molecular formula is C32H55NO2. The van der Waals surface area contributed by atoms with Crippen LogP contribution in [-0.4, -0.2) is 37.6 Å². The topological polar surface area (TPSA) is 29.5 Å². The van der Waals surface area contributed by atoms with E-state index in [1.165, 1.54) is 64.2 Å². The number of nitrogens with zero attached hydrogens (tertiary/aromatic N) is 1. The van der Waals surface area contributed by atoms with Gasteiger partial charge in [0, 0.05) is 12.8 Å². The van der Waals surface area contributed by atoms with E-state index in [1.807, 2.05) is 0 Å². The van der Waals surface area contributed by atoms with Crippen molar-refractivity contribution < 1.29 is 9.53 Å². The van der Waals surface area contributed by atoms with Crippen molar-refractivity contribution in [3.05, 3.63) is 11.6 Å². The molecular weight excluding hydrogens is 430 g/mol. The van der Waals surface area contributed by atoms with Gasteiger partial charge in [-0.15, -0.1) is 0 Å². The third-order valence-corrected chi connectivity index (χ3v) is 11.1. The minimum Gasteiger partial charge on any atom is -0.462 e. The molecule has 0 saturated heterocycles. The van der Waals surface area contributed by atoms with E-state index in [9.17, 15) is 4.79 Å². The summed E-state index contributed by atoms with van der Waals surface area (Å²) in [6.07, 6.45) is 20.2. The number of esters is 1. The summed E-state index contributed by atoms with van der Waals surface area (Å²) in [7, 11) is 4.12. The Morgan fingerprint density at radius 1 is 1.06 bits per heavy atom. The van der Waals surface area contributed by atoms with E-state index in [-0.39, 0.29) is 12.1 Å². The summed E-state index contributed by atoms with van der Waals surface area (Å²) in [5, 5.41) is 0. The third-order valence-electron chi connectivity index (χ3n) is 11.1. The molecule has 0 aliphatic heterocycles. The highest BCUT2D eigenvalue weighted by Gasteiger charge is 2.58. The summed E-state index contributed by atoms with van der Waals surface area (Å²) >= 11 is 0. The lowest BCUT2D eigenvalue weighted by Crippen LogP contribution is -2.50. The van der Waals surface area contributed by atoms with E-state index in [0.29, 0.717) is 17.3 Å². The Hall–Kier alpha value is -0.830. The van der Waals surface area contributed by atoms with Crippen molar-refractivity contribution in [2.45, 2.75) is 124 Å². The highest BCUT2D eigenvalue weighted by atomic mass is 16.5. The van der Waals surface area contributed by atoms with Crippen LogP contribution in [0.4, 0.5) is 0 Å². The van der Waals surface area contributed by atoms with Gasteiger partial charge in [-0.1, -0.05) is 58.6 Å². The fraction of sp³-hybridized carbons (Fsp3) is 0.906. The number of carbonyl (C=O) groups is 1. The number of rotatable bonds is 10. The predicted octanol–water partition coefficient (Wildman–Crippen LogP) is 8.04. The molecule has 0 spiro atoms. The van der Waals surface area contributed by atoms with E-state index in [0.717, 1.165) is 55.4 Å². The van der Waals surface area contributed by atoms with Gasteiger partial charge < -0.3 is 9.64 Å². The number of allylic oxidation sites excluding steroid dienone is 1. The van der Waals surface area contributed by atoms with E-state index in [4.69, 9.17) is 4.74 Å². The standard InChI is InChI=1S/C32H55NO2/c1-23(2)10-7-8-11-24-14-16-28-27-15-13-25-22-26(35-30(34)12-9-21-33(5)6)17-19-32(25,4)29(27)18-20-31(24,28)3/h13,23-24,26-29H,7-12,14-22H2,1-6H3/t24-,26?,27-,28?,29?,31+,32-/m0/s1. The van der Waals surface area contributed by atoms with Gasteiger partial charge in [0.15, 0.2) is 0 Å². The number of unbranched alkanes of at least 4 members (excludes halogenated alkanes) is 1. The van der Waals surface area contributed by atoms with Crippen molar-refractivity contribution in [1.29, 1.82) is 0 Å². The molecule has 200 valence electrons. The second kappa shape index (κ2) is 11.3. The Morgan fingerprint density at radius 3 is 2.60 bits per heavy atom. The van der Waals surface area contributed by atoms with Gasteiger partial charge in [0.1, 0.15) is 6.10 Å². The minimum absolute atomic E-state index is 0.00793. The lowest BCUT2D eigenvalue weighted by Gasteiger charge is -2.58. The summed E-state index contributed by atoms with van der Waals surface area (Å²) in [5.74, 6) is 4.47. The smallest absolute Gasteiger partial charge is 0.306 e. The maximum Gasteiger partial charge on any atom is 0.306 e. The van der Waals surface area contributed by atoms with E-state index in [2.05, 4.69) is 52.8 Å². The number of hydrogen-bond donors (Lipinski definition) is 0. The van der Waals surface area contributed by atoms with Crippen LogP contribution in [0.5, 0.6) is 0 Å². The molecule has 0 aromatic heterocycles. The average molecular weight is 486 g/mol. The van der Waals surface area contributed by atoms with Gasteiger partial charge in [-0.25, -0.2) is 0 Å². The molecule has 3 unspecified atom stereocenters. The van der Waals surface area contributed by atoms with Crippen LogP contribution in [0, 0.1) is 40.4 Å². The monoisotopic (exact) mass is 485 g/mol. The highest BCUT2D eigenvalue weighted by Crippen LogP contribution is 2.66. The molecule has 4 aliphatic rings. The second-order valence-electron chi connectivity index (χ2n) is 14.0. The second-order valence-corrected chi connectivity index (χ2v) is 14.0. The molecule has 0 radical (unpaired) electrons. The molecule has 3 nitrogen and oxygen atoms in total. The van der Waals surface area contributed by atoms with Crippen LogP contribution in [0.2, 0.25) is 0 Å². The Kier molecular flexibility index (Phi) is 8.77. The zero-order chi connectivity index (χ0) is 25.2. The van der Waals surface area contributed by atoms with Crippen LogP contribution >= 0.6 is 0 Å². The maximum absolute atomic E-state index is 12.4. The first-order valence-electron chi connectivity index (χ1n) is 15.2. The first kappa shape index (κ1) is 27.2. The summed E-state index contributed by atoms with van der Waals surface area (Å²) in [6, 6.07) is 0. The van der Waals surface area contributed by atoms with E-state index < -0.39 is 0 Å². The number of carbonyl (C=O) groups excluding carboxylic acids is 1. The predicted molar refractivity (Wildman–Crippen MR) is 146 cm³/mol. The van der Waals surface area contributed by atoms with Crippen molar-refractivity contribution in [3.63, 3.8) is 0 Å². The zero-order valence-corrected chi connectivity index (χ0v) is 23.9. The van der Waals surface area contributed by atoms with E-state index >= 15 is 0 Å². The Bertz CT molecular complexity index is 757. The molecule has 4 rings (SSSR count). The van der Waals surface area contributed by atoms with Gasteiger partial charge in [0.25, 0.3) is 0 Å². The molecule has 0 aromatic rings. The fourth-order valence-corrected chi connectivity index (χ4v) is 9.04. The van der Waals surface area contributed by atoms with Crippen LogP contribution in [0.25, 0.3) is 0 Å². The molecule has 35 heavy (non-hydrogen) atoms. The van der Waals surface area contributed by atoms with Gasteiger partial charge in [0.05, 0.1) is 0 Å². The lowest BCUT2D eigenvalue weighted by atomic mass is 9.47. The normalized spacial score (nSPS) is 38.6. The van der Waals surface area contributed by atoms with Crippen LogP contribution in [0.15, 0.2) is 11.6 Å². The molecule has 0 bridgehead atoms. The SMILES string of the molecule is CC(C)CCCC[C@H]1CCC2[C@@H]3CC=C4CC(OC(=O)CCCN(C)C)CC[C@]4(C)C3CC[C@@]21C. The molecule has 0 N–H and O–H groups in total. The number of fused-ring (bicyclic) bond motifs is 5. The fourth-order valence-electron chi connectivity index (χ4n) is 9.04. The van der Waals surface area contributed by atoms with E-state index in [1.54, 1.807) is 5.57 Å². The van der Waals surface area contributed by atoms with Crippen LogP contribution in [0.3, 0.4) is 0 Å². The van der Waals surface area contributed by atoms with Crippen LogP contribution in [0.1, 0.15) is 118 Å². The highest BCUT2D eigenvalue weighted by molar-refractivity contribution is 5.69. The first-order chi connectivity index (χ1) is 16.6. The summed E-state index contributed by atoms with van der Waals surface area (Å²) in [6.45, 7) is 10.9. The average Bonchev–Trinajstić information content (AvgIpc) is 3.13. The maximum atomic E-state index is 12.4. The molecule has 4 aliphatic carbocycles. The largest absolute Gasteiger partial charge is 0.462 e. The van der Waals surface area contributed by atoms with Crippen molar-refractivity contribution in [3.8, 4) is 0 Å². The van der Waals surface area contributed by atoms with Crippen molar-refractivity contribution in [2.24, 2.45) is 40.4 Å². The Balaban J connectivity index is 1.35. The summed E-state index contributed by atoms with van der Waals surface area (Å²) in [4.78, 5) is 14.6. The van der Waals surface area contributed by atoms with Gasteiger partial charge in [-0.2, -0.15) is 0 Å². The Morgan fingerprint density at radius 2 is 1.86 bits per heavy atom. The van der Waals surface area contributed by atoms with Crippen molar-refractivity contribution in [2.75, 3.05) is 20.6 Å². The molecule has 0 aromatic carbocycles. The molecule has 7 atom stereocenters. The zero-order valence-electron chi connectivity index (χ0n) is 23.9. The summed E-state index contributed by atoms with van der Waals surface area (Å²) < 4.78 is 5.97. The van der Waals surface area contributed by atoms with Crippen LogP contribution < -0.4 is 0 Å². The van der Waals surface area contributed by atoms with Gasteiger partial charge in [0.2, 0.25) is 0 Å². The summed E-state index contributed by atoms with van der Waals surface area (Å²) in [5.41, 5.74) is 2.55. The van der Waals surface area contributed by atoms with Gasteiger partial charge in [-0.05, 0) is 119 Å².